The number of rotatable bonds is 4. The molecule has 0 aliphatic heterocycles. The zero-order valence-electron chi connectivity index (χ0n) is 13.4. The average molecular weight is 329 g/mol. The zero-order valence-corrected chi connectivity index (χ0v) is 13.4. The van der Waals surface area contributed by atoms with E-state index in [1.54, 1.807) is 18.2 Å². The van der Waals surface area contributed by atoms with E-state index in [0.29, 0.717) is 11.1 Å². The monoisotopic (exact) mass is 329 g/mol. The van der Waals surface area contributed by atoms with Gasteiger partial charge >= 0.3 is 11.9 Å². The Morgan fingerprint density at radius 2 is 1.42 bits per heavy atom. The van der Waals surface area contributed by atoms with Crippen molar-refractivity contribution in [2.45, 2.75) is 6.92 Å². The number of aryl methyl sites for hydroxylation is 1. The molecule has 2 rings (SSSR count). The molecule has 0 saturated heterocycles. The lowest BCUT2D eigenvalue weighted by Gasteiger charge is -2.12. The Balaban J connectivity index is 2.75. The van der Waals surface area contributed by atoms with Crippen molar-refractivity contribution in [3.05, 3.63) is 63.2 Å². The number of carbonyl (C=O) groups is 2. The smallest absolute Gasteiger partial charge is 0.338 e. The first-order chi connectivity index (χ1) is 11.4. The van der Waals surface area contributed by atoms with Crippen LogP contribution in [0.5, 0.6) is 0 Å². The highest BCUT2D eigenvalue weighted by atomic mass is 16.6. The summed E-state index contributed by atoms with van der Waals surface area (Å²) in [5.41, 5.74) is 1.64. The van der Waals surface area contributed by atoms with E-state index in [1.807, 2.05) is 6.92 Å². The molecular weight excluding hydrogens is 314 g/mol. The van der Waals surface area contributed by atoms with Crippen molar-refractivity contribution in [1.82, 2.24) is 0 Å². The van der Waals surface area contributed by atoms with E-state index in [2.05, 4.69) is 0 Å². The second-order valence-corrected chi connectivity index (χ2v) is 5.02. The van der Waals surface area contributed by atoms with Crippen LogP contribution in [0.4, 0.5) is 5.69 Å². The molecule has 124 valence electrons. The highest BCUT2D eigenvalue weighted by Gasteiger charge is 2.22. The van der Waals surface area contributed by atoms with Crippen LogP contribution in [0.2, 0.25) is 0 Å². The molecule has 0 heterocycles. The quantitative estimate of drug-likeness (QED) is 0.486. The molecule has 0 radical (unpaired) electrons. The Morgan fingerprint density at radius 3 is 1.92 bits per heavy atom. The summed E-state index contributed by atoms with van der Waals surface area (Å²) in [4.78, 5) is 34.4. The number of nitro benzene ring substituents is 1. The van der Waals surface area contributed by atoms with Crippen LogP contribution in [0.15, 0.2) is 36.4 Å². The Morgan fingerprint density at radius 1 is 0.917 bits per heavy atom. The minimum atomic E-state index is -0.731. The van der Waals surface area contributed by atoms with E-state index in [4.69, 9.17) is 9.47 Å². The maximum atomic E-state index is 12.0. The molecule has 0 aliphatic carbocycles. The van der Waals surface area contributed by atoms with Gasteiger partial charge in [0.15, 0.2) is 0 Å². The summed E-state index contributed by atoms with van der Waals surface area (Å²) >= 11 is 0. The van der Waals surface area contributed by atoms with Gasteiger partial charge in [-0.1, -0.05) is 17.7 Å². The summed E-state index contributed by atoms with van der Waals surface area (Å²) in [6, 6.07) is 8.87. The van der Waals surface area contributed by atoms with Crippen molar-refractivity contribution >= 4 is 17.6 Å². The van der Waals surface area contributed by atoms with Crippen LogP contribution in [0.3, 0.4) is 0 Å². The SMILES string of the molecule is COC(=O)c1cc(C)ccc1-c1ccc([N+](=O)[O-])cc1C(=O)OC. The van der Waals surface area contributed by atoms with E-state index in [1.165, 1.54) is 26.4 Å². The normalized spacial score (nSPS) is 10.1. The lowest BCUT2D eigenvalue weighted by molar-refractivity contribution is -0.384. The molecule has 0 N–H and O–H groups in total. The molecule has 7 nitrogen and oxygen atoms in total. The number of hydrogen-bond acceptors (Lipinski definition) is 6. The molecule has 24 heavy (non-hydrogen) atoms. The Labute approximate surface area is 138 Å². The topological polar surface area (TPSA) is 95.7 Å². The van der Waals surface area contributed by atoms with Gasteiger partial charge in [-0.2, -0.15) is 0 Å². The maximum absolute atomic E-state index is 12.0. The number of ether oxygens (including phenoxy) is 2. The standard InChI is InChI=1S/C17H15NO6/c1-10-4-6-12(14(8-10)16(19)23-2)13-7-5-11(18(21)22)9-15(13)17(20)24-3/h4-9H,1-3H3. The van der Waals surface area contributed by atoms with E-state index in [9.17, 15) is 19.7 Å². The second kappa shape index (κ2) is 6.91. The molecule has 7 heteroatoms. The van der Waals surface area contributed by atoms with Crippen molar-refractivity contribution in [2.24, 2.45) is 0 Å². The molecule has 0 aromatic heterocycles. The molecule has 0 fully saturated rings. The molecule has 0 saturated carbocycles. The highest BCUT2D eigenvalue weighted by Crippen LogP contribution is 2.31. The Hall–Kier alpha value is -3.22. The van der Waals surface area contributed by atoms with Gasteiger partial charge in [-0.05, 0) is 30.2 Å². The van der Waals surface area contributed by atoms with Crippen molar-refractivity contribution in [3.63, 3.8) is 0 Å². The van der Waals surface area contributed by atoms with E-state index < -0.39 is 16.9 Å². The molecule has 2 aromatic rings. The average Bonchev–Trinajstić information content (AvgIpc) is 2.59. The minimum absolute atomic E-state index is 0.000654. The molecule has 0 bridgehead atoms. The van der Waals surface area contributed by atoms with Crippen LogP contribution in [0.1, 0.15) is 26.3 Å². The first kappa shape index (κ1) is 17.1. The van der Waals surface area contributed by atoms with Gasteiger partial charge < -0.3 is 9.47 Å². The molecule has 0 spiro atoms. The van der Waals surface area contributed by atoms with Crippen molar-refractivity contribution in [2.75, 3.05) is 14.2 Å². The number of carbonyl (C=O) groups excluding carboxylic acids is 2. The lowest BCUT2D eigenvalue weighted by Crippen LogP contribution is -2.08. The summed E-state index contributed by atoms with van der Waals surface area (Å²) in [6.07, 6.45) is 0. The summed E-state index contributed by atoms with van der Waals surface area (Å²) < 4.78 is 9.48. The summed E-state index contributed by atoms with van der Waals surface area (Å²) in [5.74, 6) is -1.30. The molecular formula is C17H15NO6. The number of nitro groups is 1. The number of hydrogen-bond donors (Lipinski definition) is 0. The van der Waals surface area contributed by atoms with E-state index >= 15 is 0 Å². The predicted octanol–water partition coefficient (Wildman–Crippen LogP) is 3.14. The summed E-state index contributed by atoms with van der Waals surface area (Å²) in [6.45, 7) is 1.81. The van der Waals surface area contributed by atoms with Gasteiger partial charge in [-0.25, -0.2) is 9.59 Å². The van der Waals surface area contributed by atoms with Crippen LogP contribution in [-0.2, 0) is 9.47 Å². The third kappa shape index (κ3) is 3.24. The van der Waals surface area contributed by atoms with Crippen molar-refractivity contribution < 1.29 is 24.0 Å². The second-order valence-electron chi connectivity index (χ2n) is 5.02. The van der Waals surface area contributed by atoms with Crippen LogP contribution in [-0.4, -0.2) is 31.1 Å². The largest absolute Gasteiger partial charge is 0.465 e. The Kier molecular flexibility index (Phi) is 4.93. The van der Waals surface area contributed by atoms with E-state index in [-0.39, 0.29) is 16.8 Å². The fourth-order valence-electron chi connectivity index (χ4n) is 2.33. The predicted molar refractivity (Wildman–Crippen MR) is 85.9 cm³/mol. The Bertz CT molecular complexity index is 828. The zero-order chi connectivity index (χ0) is 17.9. The van der Waals surface area contributed by atoms with Crippen LogP contribution >= 0.6 is 0 Å². The fraction of sp³-hybridized carbons (Fsp3) is 0.176. The molecule has 2 aromatic carbocycles. The van der Waals surface area contributed by atoms with Gasteiger partial charge in [0, 0.05) is 12.1 Å². The van der Waals surface area contributed by atoms with Gasteiger partial charge in [0.05, 0.1) is 30.3 Å². The van der Waals surface area contributed by atoms with Crippen molar-refractivity contribution in [3.8, 4) is 11.1 Å². The lowest BCUT2D eigenvalue weighted by atomic mass is 9.93. The van der Waals surface area contributed by atoms with Crippen LogP contribution < -0.4 is 0 Å². The molecule has 0 atom stereocenters. The summed E-state index contributed by atoms with van der Waals surface area (Å²) in [5, 5.41) is 11.0. The molecule has 0 amide bonds. The van der Waals surface area contributed by atoms with Crippen LogP contribution in [0, 0.1) is 17.0 Å². The van der Waals surface area contributed by atoms with Gasteiger partial charge in [-0.3, -0.25) is 10.1 Å². The van der Waals surface area contributed by atoms with Crippen molar-refractivity contribution in [1.29, 1.82) is 0 Å². The molecule has 0 aliphatic rings. The highest BCUT2D eigenvalue weighted by molar-refractivity contribution is 6.03. The minimum Gasteiger partial charge on any atom is -0.465 e. The third-order valence-corrected chi connectivity index (χ3v) is 3.49. The third-order valence-electron chi connectivity index (χ3n) is 3.49. The number of nitrogens with zero attached hydrogens (tertiary/aromatic N) is 1. The van der Waals surface area contributed by atoms with Crippen LogP contribution in [0.25, 0.3) is 11.1 Å². The van der Waals surface area contributed by atoms with Gasteiger partial charge in [0.25, 0.3) is 5.69 Å². The first-order valence-corrected chi connectivity index (χ1v) is 6.95. The number of non-ortho nitro benzene ring substituents is 1. The fourth-order valence-corrected chi connectivity index (χ4v) is 2.33. The van der Waals surface area contributed by atoms with Gasteiger partial charge in [0.2, 0.25) is 0 Å². The van der Waals surface area contributed by atoms with Gasteiger partial charge in [0.1, 0.15) is 0 Å². The maximum Gasteiger partial charge on any atom is 0.338 e. The van der Waals surface area contributed by atoms with E-state index in [0.717, 1.165) is 11.6 Å². The summed E-state index contributed by atoms with van der Waals surface area (Å²) in [7, 11) is 2.44. The molecule has 0 unspecified atom stereocenters. The number of methoxy groups -OCH3 is 2. The number of benzene rings is 2. The first-order valence-electron chi connectivity index (χ1n) is 6.95. The number of esters is 2. The van der Waals surface area contributed by atoms with Gasteiger partial charge in [-0.15, -0.1) is 0 Å².